The summed E-state index contributed by atoms with van der Waals surface area (Å²) in [6.45, 7) is 5.89. The van der Waals surface area contributed by atoms with Crippen molar-refractivity contribution in [3.8, 4) is 11.3 Å². The lowest BCUT2D eigenvalue weighted by Gasteiger charge is -2.32. The summed E-state index contributed by atoms with van der Waals surface area (Å²) in [6.07, 6.45) is 1.78. The minimum Gasteiger partial charge on any atom is -0.511 e. The molecule has 206 valence electrons. The molecule has 4 rings (SSSR count). The largest absolute Gasteiger partial charge is 0.511 e. The molecule has 0 radical (unpaired) electrons. The molecule has 5 N–H and O–H groups in total. The van der Waals surface area contributed by atoms with Gasteiger partial charge in [-0.2, -0.15) is 0 Å². The summed E-state index contributed by atoms with van der Waals surface area (Å²) < 4.78 is 0.782. The molecule has 0 unspecified atom stereocenters. The van der Waals surface area contributed by atoms with E-state index in [9.17, 15) is 14.7 Å². The highest BCUT2D eigenvalue weighted by molar-refractivity contribution is 8.01. The summed E-state index contributed by atoms with van der Waals surface area (Å²) in [6, 6.07) is 11.8. The Bertz CT molecular complexity index is 1340. The van der Waals surface area contributed by atoms with Gasteiger partial charge in [-0.05, 0) is 42.7 Å². The predicted octanol–water partition coefficient (Wildman–Crippen LogP) is 5.33. The molecule has 0 spiro atoms. The van der Waals surface area contributed by atoms with Crippen molar-refractivity contribution in [2.75, 3.05) is 24.2 Å². The van der Waals surface area contributed by atoms with E-state index >= 15 is 0 Å². The fraction of sp³-hybridized carbons (Fsp3) is 0.296. The van der Waals surface area contributed by atoms with Crippen molar-refractivity contribution in [1.29, 1.82) is 0 Å². The average molecular weight is 607 g/mol. The lowest BCUT2D eigenvalue weighted by atomic mass is 10.0. The van der Waals surface area contributed by atoms with E-state index < -0.39 is 17.7 Å². The van der Waals surface area contributed by atoms with Crippen LogP contribution < -0.4 is 16.4 Å². The zero-order valence-corrected chi connectivity index (χ0v) is 24.2. The molecule has 3 aromatic rings. The van der Waals surface area contributed by atoms with E-state index in [0.717, 1.165) is 53.6 Å². The van der Waals surface area contributed by atoms with Gasteiger partial charge in [-0.25, -0.2) is 4.98 Å². The first-order chi connectivity index (χ1) is 18.7. The number of benzene rings is 2. The summed E-state index contributed by atoms with van der Waals surface area (Å²) in [4.78, 5) is 31.7. The highest BCUT2D eigenvalue weighted by Crippen LogP contribution is 2.30. The van der Waals surface area contributed by atoms with Gasteiger partial charge >= 0.3 is 0 Å². The van der Waals surface area contributed by atoms with E-state index in [2.05, 4.69) is 27.1 Å². The molecule has 1 aliphatic heterocycles. The second kappa shape index (κ2) is 13.6. The van der Waals surface area contributed by atoms with E-state index in [0.29, 0.717) is 15.7 Å². The molecular formula is C27H29Cl2N5O3S2. The van der Waals surface area contributed by atoms with Crippen molar-refractivity contribution in [2.24, 2.45) is 5.73 Å². The van der Waals surface area contributed by atoms with E-state index in [1.807, 2.05) is 29.6 Å². The maximum Gasteiger partial charge on any atom is 0.249 e. The molecule has 2 aromatic carbocycles. The van der Waals surface area contributed by atoms with E-state index in [4.69, 9.17) is 28.9 Å². The second-order valence-corrected chi connectivity index (χ2v) is 12.1. The summed E-state index contributed by atoms with van der Waals surface area (Å²) in [7, 11) is 0. The molecule has 2 amide bonds. The first kappa shape index (κ1) is 29.4. The third kappa shape index (κ3) is 8.44. The Morgan fingerprint density at radius 3 is 2.69 bits per heavy atom. The van der Waals surface area contributed by atoms with Crippen LogP contribution in [-0.4, -0.2) is 57.7 Å². The van der Waals surface area contributed by atoms with Crippen molar-refractivity contribution in [3.05, 3.63) is 75.8 Å². The fourth-order valence-electron chi connectivity index (χ4n) is 4.11. The molecule has 1 aromatic heterocycles. The normalized spacial score (nSPS) is 15.1. The Kier molecular flexibility index (Phi) is 10.3. The number of thioether (sulfide) groups is 1. The number of piperidine rings is 1. The number of halogens is 2. The van der Waals surface area contributed by atoms with Gasteiger partial charge in [0.1, 0.15) is 11.8 Å². The molecule has 2 heterocycles. The molecule has 1 fully saturated rings. The van der Waals surface area contributed by atoms with Gasteiger partial charge < -0.3 is 21.5 Å². The molecule has 0 bridgehead atoms. The number of aliphatic hydroxyl groups is 1. The first-order valence-corrected chi connectivity index (χ1v) is 14.9. The Balaban J connectivity index is 1.22. The maximum atomic E-state index is 12.6. The highest BCUT2D eigenvalue weighted by Gasteiger charge is 2.21. The number of likely N-dealkylation sites (tertiary alicyclic amines) is 1. The number of nitrogens with one attached hydrogen (secondary N) is 2. The SMILES string of the molecule is C=C(O)[C@H](N)C(=O)Nc1cccc(-c2csc(SCC(=O)NC3CCN(Cc4ccc(Cl)c(Cl)c4)CC3)n2)c1. The van der Waals surface area contributed by atoms with Gasteiger partial charge in [0.15, 0.2) is 4.34 Å². The summed E-state index contributed by atoms with van der Waals surface area (Å²) in [5.74, 6) is -0.682. The molecule has 12 heteroatoms. The monoisotopic (exact) mass is 605 g/mol. The van der Waals surface area contributed by atoms with Gasteiger partial charge in [0.25, 0.3) is 0 Å². The van der Waals surface area contributed by atoms with Crippen molar-refractivity contribution < 1.29 is 14.7 Å². The third-order valence-electron chi connectivity index (χ3n) is 6.22. The van der Waals surface area contributed by atoms with Crippen molar-refractivity contribution in [2.45, 2.75) is 35.8 Å². The zero-order valence-electron chi connectivity index (χ0n) is 21.0. The van der Waals surface area contributed by atoms with E-state index in [1.165, 1.54) is 23.1 Å². The van der Waals surface area contributed by atoms with Crippen LogP contribution in [0.1, 0.15) is 18.4 Å². The van der Waals surface area contributed by atoms with Gasteiger partial charge in [0.2, 0.25) is 11.8 Å². The van der Waals surface area contributed by atoms with Crippen molar-refractivity contribution >= 4 is 63.8 Å². The number of carbonyl (C=O) groups excluding carboxylic acids is 2. The molecule has 8 nitrogen and oxygen atoms in total. The molecule has 0 aliphatic carbocycles. The highest BCUT2D eigenvalue weighted by atomic mass is 35.5. The Labute approximate surface area is 245 Å². The summed E-state index contributed by atoms with van der Waals surface area (Å²) in [5, 5.41) is 18.2. The minimum absolute atomic E-state index is 0.00815. The average Bonchev–Trinajstić information content (AvgIpc) is 3.39. The van der Waals surface area contributed by atoms with Crippen LogP contribution in [0.5, 0.6) is 0 Å². The number of aliphatic hydroxyl groups excluding tert-OH is 1. The maximum absolute atomic E-state index is 12.6. The molecule has 1 atom stereocenters. The fourth-order valence-corrected chi connectivity index (χ4v) is 6.08. The molecule has 1 saturated heterocycles. The van der Waals surface area contributed by atoms with Crippen LogP contribution in [0.3, 0.4) is 0 Å². The first-order valence-electron chi connectivity index (χ1n) is 12.3. The Morgan fingerprint density at radius 1 is 1.21 bits per heavy atom. The minimum atomic E-state index is -1.20. The van der Waals surface area contributed by atoms with Crippen LogP contribution in [0.4, 0.5) is 5.69 Å². The van der Waals surface area contributed by atoms with Crippen molar-refractivity contribution in [1.82, 2.24) is 15.2 Å². The van der Waals surface area contributed by atoms with Crippen LogP contribution in [0.15, 0.2) is 64.5 Å². The lowest BCUT2D eigenvalue weighted by Crippen LogP contribution is -2.44. The number of rotatable bonds is 10. The smallest absolute Gasteiger partial charge is 0.249 e. The number of aromatic nitrogens is 1. The number of carbonyl (C=O) groups is 2. The number of thiazole rings is 1. The number of hydrogen-bond donors (Lipinski definition) is 4. The molecular weight excluding hydrogens is 577 g/mol. The number of anilines is 1. The number of hydrogen-bond acceptors (Lipinski definition) is 8. The van der Waals surface area contributed by atoms with Crippen LogP contribution in [0.2, 0.25) is 10.0 Å². The van der Waals surface area contributed by atoms with E-state index in [-0.39, 0.29) is 17.7 Å². The van der Waals surface area contributed by atoms with Gasteiger partial charge in [-0.3, -0.25) is 14.5 Å². The number of nitrogens with two attached hydrogens (primary N) is 1. The van der Waals surface area contributed by atoms with Crippen molar-refractivity contribution in [3.63, 3.8) is 0 Å². The molecule has 39 heavy (non-hydrogen) atoms. The standard InChI is InChI=1S/C27H29Cl2N5O3S2/c1-16(35)25(30)26(37)32-20-4-2-3-18(12-20)23-14-38-27(33-23)39-15-24(36)31-19-7-9-34(10-8-19)13-17-5-6-21(28)22(29)11-17/h2-6,11-12,14,19,25,35H,1,7-10,13,15,30H2,(H,31,36)(H,32,37)/t25-/m0/s1. The lowest BCUT2D eigenvalue weighted by molar-refractivity contribution is -0.119. The quantitative estimate of drug-likeness (QED) is 0.182. The Hall–Kier alpha value is -2.60. The predicted molar refractivity (Wildman–Crippen MR) is 160 cm³/mol. The van der Waals surface area contributed by atoms with Gasteiger partial charge in [-0.15, -0.1) is 11.3 Å². The second-order valence-electron chi connectivity index (χ2n) is 9.19. The third-order valence-corrected chi connectivity index (χ3v) is 8.98. The Morgan fingerprint density at radius 2 is 1.97 bits per heavy atom. The van der Waals surface area contributed by atoms with Crippen LogP contribution in [0, 0.1) is 0 Å². The summed E-state index contributed by atoms with van der Waals surface area (Å²) >= 11 is 15.0. The topological polar surface area (TPSA) is 121 Å². The van der Waals surface area contributed by atoms with Gasteiger partial charge in [0, 0.05) is 42.3 Å². The van der Waals surface area contributed by atoms with Gasteiger partial charge in [-0.1, -0.05) is 59.7 Å². The van der Waals surface area contributed by atoms with Gasteiger partial charge in [0.05, 0.1) is 21.5 Å². The van der Waals surface area contributed by atoms with E-state index in [1.54, 1.807) is 18.2 Å². The van der Waals surface area contributed by atoms with Crippen LogP contribution in [0.25, 0.3) is 11.3 Å². The number of amides is 2. The zero-order chi connectivity index (χ0) is 27.9. The number of nitrogens with zero attached hydrogens (tertiary/aromatic N) is 2. The molecule has 0 saturated carbocycles. The van der Waals surface area contributed by atoms with Crippen LogP contribution >= 0.6 is 46.3 Å². The molecule has 1 aliphatic rings. The summed E-state index contributed by atoms with van der Waals surface area (Å²) in [5.41, 5.74) is 8.80. The van der Waals surface area contributed by atoms with Crippen LogP contribution in [-0.2, 0) is 16.1 Å².